The van der Waals surface area contributed by atoms with Gasteiger partial charge in [-0.25, -0.2) is 0 Å². The molecule has 0 spiro atoms. The van der Waals surface area contributed by atoms with E-state index in [1.54, 1.807) is 0 Å². The quantitative estimate of drug-likeness (QED) is 0.564. The highest BCUT2D eigenvalue weighted by Crippen LogP contribution is 2.24. The Bertz CT molecular complexity index is 520. The summed E-state index contributed by atoms with van der Waals surface area (Å²) in [5.41, 5.74) is 3.56. The van der Waals surface area contributed by atoms with E-state index in [0.29, 0.717) is 6.61 Å². The number of allylic oxidation sites excluding steroid dienone is 1. The van der Waals surface area contributed by atoms with Crippen LogP contribution in [-0.2, 0) is 4.84 Å². The van der Waals surface area contributed by atoms with Gasteiger partial charge in [0.2, 0.25) is 0 Å². The third kappa shape index (κ3) is 5.82. The number of hydrogen-bond donors (Lipinski definition) is 0. The molecule has 1 aromatic rings. The van der Waals surface area contributed by atoms with E-state index in [1.807, 2.05) is 24.3 Å². The molecule has 120 valence electrons. The van der Waals surface area contributed by atoms with Crippen LogP contribution in [0.3, 0.4) is 0 Å². The van der Waals surface area contributed by atoms with Crippen molar-refractivity contribution in [3.8, 4) is 0 Å². The molecular weight excluding hydrogens is 296 g/mol. The minimum atomic E-state index is 0.676. The Balaban J connectivity index is 1.96. The average Bonchev–Trinajstić information content (AvgIpc) is 2.50. The smallest absolute Gasteiger partial charge is 0.118 e. The van der Waals surface area contributed by atoms with Crippen LogP contribution in [-0.4, -0.2) is 37.9 Å². The minimum absolute atomic E-state index is 0.676. The fourth-order valence-electron chi connectivity index (χ4n) is 2.50. The SMILES string of the molecule is CN(C)CCCON=C1CCCCC1=Cc1ccc(Cl)cc1. The van der Waals surface area contributed by atoms with Crippen molar-refractivity contribution < 1.29 is 4.84 Å². The molecule has 3 nitrogen and oxygen atoms in total. The number of halogens is 1. The summed E-state index contributed by atoms with van der Waals surface area (Å²) < 4.78 is 0. The highest BCUT2D eigenvalue weighted by molar-refractivity contribution is 6.30. The van der Waals surface area contributed by atoms with Gasteiger partial charge in [0.25, 0.3) is 0 Å². The molecule has 0 aliphatic heterocycles. The van der Waals surface area contributed by atoms with E-state index < -0.39 is 0 Å². The van der Waals surface area contributed by atoms with Crippen molar-refractivity contribution in [2.75, 3.05) is 27.2 Å². The molecule has 0 bridgehead atoms. The molecule has 4 heteroatoms. The van der Waals surface area contributed by atoms with E-state index in [-0.39, 0.29) is 0 Å². The molecular formula is C18H25ClN2O. The van der Waals surface area contributed by atoms with Gasteiger partial charge in [0.05, 0.1) is 5.71 Å². The Morgan fingerprint density at radius 2 is 1.91 bits per heavy atom. The molecule has 2 rings (SSSR count). The number of oxime groups is 1. The van der Waals surface area contributed by atoms with E-state index in [2.05, 4.69) is 30.2 Å². The Hall–Kier alpha value is -1.32. The third-order valence-corrected chi connectivity index (χ3v) is 3.96. The molecule has 1 aliphatic carbocycles. The van der Waals surface area contributed by atoms with Gasteiger partial charge in [0.1, 0.15) is 6.61 Å². The maximum absolute atomic E-state index is 5.94. The summed E-state index contributed by atoms with van der Waals surface area (Å²) in [5.74, 6) is 0. The van der Waals surface area contributed by atoms with E-state index >= 15 is 0 Å². The predicted octanol–water partition coefficient (Wildman–Crippen LogP) is 4.62. The monoisotopic (exact) mass is 320 g/mol. The highest BCUT2D eigenvalue weighted by Gasteiger charge is 2.14. The molecule has 1 saturated carbocycles. The molecule has 1 fully saturated rings. The van der Waals surface area contributed by atoms with E-state index in [1.165, 1.54) is 24.0 Å². The number of benzene rings is 1. The Morgan fingerprint density at radius 1 is 1.18 bits per heavy atom. The first kappa shape index (κ1) is 17.0. The summed E-state index contributed by atoms with van der Waals surface area (Å²) in [6.07, 6.45) is 7.70. The summed E-state index contributed by atoms with van der Waals surface area (Å²) in [4.78, 5) is 7.67. The molecule has 0 saturated heterocycles. The average molecular weight is 321 g/mol. The fourth-order valence-corrected chi connectivity index (χ4v) is 2.63. The zero-order chi connectivity index (χ0) is 15.8. The molecule has 0 heterocycles. The van der Waals surface area contributed by atoms with Gasteiger partial charge in [-0.05, 0) is 75.5 Å². The van der Waals surface area contributed by atoms with Crippen molar-refractivity contribution in [3.05, 3.63) is 40.4 Å². The molecule has 1 aromatic carbocycles. The maximum Gasteiger partial charge on any atom is 0.118 e. The normalized spacial score (nSPS) is 19.1. The first-order valence-corrected chi connectivity index (χ1v) is 8.33. The number of nitrogens with zero attached hydrogens (tertiary/aromatic N) is 2. The largest absolute Gasteiger partial charge is 0.396 e. The van der Waals surface area contributed by atoms with Crippen molar-refractivity contribution in [2.45, 2.75) is 32.1 Å². The standard InChI is InChI=1S/C18H25ClN2O/c1-21(2)12-5-13-22-20-18-7-4-3-6-16(18)14-15-8-10-17(19)11-9-15/h8-11,14H,3-7,12-13H2,1-2H3. The molecule has 0 radical (unpaired) electrons. The molecule has 0 aromatic heterocycles. The van der Waals surface area contributed by atoms with Crippen LogP contribution in [0.5, 0.6) is 0 Å². The first-order valence-electron chi connectivity index (χ1n) is 7.95. The summed E-state index contributed by atoms with van der Waals surface area (Å²) >= 11 is 5.94. The summed E-state index contributed by atoms with van der Waals surface area (Å²) in [7, 11) is 4.14. The van der Waals surface area contributed by atoms with Crippen LogP contribution in [0.1, 0.15) is 37.7 Å². The summed E-state index contributed by atoms with van der Waals surface area (Å²) in [6, 6.07) is 7.93. The van der Waals surface area contributed by atoms with Crippen molar-refractivity contribution in [2.24, 2.45) is 5.16 Å². The molecule has 0 amide bonds. The lowest BCUT2D eigenvalue weighted by molar-refractivity contribution is 0.134. The van der Waals surface area contributed by atoms with E-state index in [4.69, 9.17) is 16.4 Å². The van der Waals surface area contributed by atoms with Crippen molar-refractivity contribution in [1.82, 2.24) is 4.90 Å². The minimum Gasteiger partial charge on any atom is -0.396 e. The van der Waals surface area contributed by atoms with Crippen LogP contribution >= 0.6 is 11.6 Å². The molecule has 1 aliphatic rings. The first-order chi connectivity index (χ1) is 10.6. The van der Waals surface area contributed by atoms with Crippen LogP contribution in [0.2, 0.25) is 5.02 Å². The van der Waals surface area contributed by atoms with E-state index in [0.717, 1.165) is 36.5 Å². The predicted molar refractivity (Wildman–Crippen MR) is 94.5 cm³/mol. The van der Waals surface area contributed by atoms with E-state index in [9.17, 15) is 0 Å². The number of hydrogen-bond acceptors (Lipinski definition) is 3. The lowest BCUT2D eigenvalue weighted by atomic mass is 9.91. The molecule has 0 atom stereocenters. The zero-order valence-corrected chi connectivity index (χ0v) is 14.3. The maximum atomic E-state index is 5.94. The molecule has 0 unspecified atom stereocenters. The lowest BCUT2D eigenvalue weighted by Crippen LogP contribution is -2.15. The summed E-state index contributed by atoms with van der Waals surface area (Å²) in [5, 5.41) is 5.15. The van der Waals surface area contributed by atoms with Crippen LogP contribution < -0.4 is 0 Å². The van der Waals surface area contributed by atoms with Gasteiger partial charge >= 0.3 is 0 Å². The Kier molecular flexibility index (Phi) is 6.94. The molecule has 0 N–H and O–H groups in total. The Labute approximate surface area is 138 Å². The second-order valence-corrected chi connectivity index (χ2v) is 6.39. The zero-order valence-electron chi connectivity index (χ0n) is 13.5. The van der Waals surface area contributed by atoms with Crippen LogP contribution in [0.4, 0.5) is 0 Å². The van der Waals surface area contributed by atoms with Gasteiger partial charge in [0, 0.05) is 11.6 Å². The van der Waals surface area contributed by atoms with Crippen molar-refractivity contribution in [1.29, 1.82) is 0 Å². The lowest BCUT2D eigenvalue weighted by Gasteiger charge is -2.16. The summed E-state index contributed by atoms with van der Waals surface area (Å²) in [6.45, 7) is 1.70. The van der Waals surface area contributed by atoms with Gasteiger partial charge < -0.3 is 9.74 Å². The van der Waals surface area contributed by atoms with Gasteiger partial charge in [-0.15, -0.1) is 0 Å². The van der Waals surface area contributed by atoms with Crippen LogP contribution in [0, 0.1) is 0 Å². The van der Waals surface area contributed by atoms with Gasteiger partial charge in [-0.2, -0.15) is 0 Å². The topological polar surface area (TPSA) is 24.8 Å². The second-order valence-electron chi connectivity index (χ2n) is 5.96. The second kappa shape index (κ2) is 8.96. The van der Waals surface area contributed by atoms with Crippen LogP contribution in [0.25, 0.3) is 6.08 Å². The molecule has 22 heavy (non-hydrogen) atoms. The van der Waals surface area contributed by atoms with Gasteiger partial charge in [-0.3, -0.25) is 0 Å². The fraction of sp³-hybridized carbons (Fsp3) is 0.500. The van der Waals surface area contributed by atoms with Gasteiger partial charge in [0.15, 0.2) is 0 Å². The Morgan fingerprint density at radius 3 is 2.64 bits per heavy atom. The highest BCUT2D eigenvalue weighted by atomic mass is 35.5. The van der Waals surface area contributed by atoms with Crippen LogP contribution in [0.15, 0.2) is 35.0 Å². The van der Waals surface area contributed by atoms with Gasteiger partial charge in [-0.1, -0.05) is 28.9 Å². The van der Waals surface area contributed by atoms with Crippen molar-refractivity contribution >= 4 is 23.4 Å². The third-order valence-electron chi connectivity index (χ3n) is 3.71. The number of rotatable bonds is 6. The van der Waals surface area contributed by atoms with Crippen molar-refractivity contribution in [3.63, 3.8) is 0 Å².